The number of hydrogen-bond donors (Lipinski definition) is 1. The fourth-order valence-electron chi connectivity index (χ4n) is 3.25. The van der Waals surface area contributed by atoms with Crippen LogP contribution in [0.1, 0.15) is 5.01 Å². The minimum atomic E-state index is -0.303. The maximum Gasteiger partial charge on any atom is 0.210 e. The smallest absolute Gasteiger partial charge is 0.210 e. The molecule has 8 heteroatoms. The highest BCUT2D eigenvalue weighted by Gasteiger charge is 2.15. The number of fused-ring (bicyclic) bond motifs is 1. The molecule has 0 unspecified atom stereocenters. The Morgan fingerprint density at radius 1 is 0.967 bits per heavy atom. The third-order valence-electron chi connectivity index (χ3n) is 4.59. The molecule has 0 aliphatic rings. The van der Waals surface area contributed by atoms with Crippen molar-refractivity contribution < 1.29 is 4.39 Å². The zero-order valence-corrected chi connectivity index (χ0v) is 17.2. The molecule has 3 aromatic carbocycles. The predicted molar refractivity (Wildman–Crippen MR) is 119 cm³/mol. The molecule has 0 saturated heterocycles. The van der Waals surface area contributed by atoms with Crippen LogP contribution in [0.25, 0.3) is 22.4 Å². The van der Waals surface area contributed by atoms with Gasteiger partial charge in [0.05, 0.1) is 17.6 Å². The van der Waals surface area contributed by atoms with E-state index in [9.17, 15) is 4.39 Å². The molecule has 0 saturated carbocycles. The molecule has 0 spiro atoms. The molecule has 0 aliphatic carbocycles. The van der Waals surface area contributed by atoms with Gasteiger partial charge in [0.15, 0.2) is 0 Å². The summed E-state index contributed by atoms with van der Waals surface area (Å²) in [6.45, 7) is 0.515. The van der Waals surface area contributed by atoms with Gasteiger partial charge in [-0.05, 0) is 54.6 Å². The van der Waals surface area contributed by atoms with Crippen LogP contribution in [0, 0.1) is 5.82 Å². The summed E-state index contributed by atoms with van der Waals surface area (Å²) >= 11 is 7.47. The molecular formula is C22H15ClFN5S. The molecule has 5 aromatic rings. The van der Waals surface area contributed by atoms with Crippen LogP contribution >= 0.6 is 22.9 Å². The van der Waals surface area contributed by atoms with Crippen molar-refractivity contribution in [2.45, 2.75) is 6.54 Å². The second-order valence-corrected chi connectivity index (χ2v) is 8.15. The van der Waals surface area contributed by atoms with E-state index < -0.39 is 0 Å². The molecule has 30 heavy (non-hydrogen) atoms. The zero-order valence-electron chi connectivity index (χ0n) is 15.6. The lowest BCUT2D eigenvalue weighted by Gasteiger charge is -2.07. The summed E-state index contributed by atoms with van der Waals surface area (Å²) in [6.07, 6.45) is 0. The molecule has 0 atom stereocenters. The van der Waals surface area contributed by atoms with Crippen LogP contribution in [0.5, 0.6) is 0 Å². The predicted octanol–water partition coefficient (Wildman–Crippen LogP) is 6.14. The number of imidazole rings is 1. The third-order valence-corrected chi connectivity index (χ3v) is 5.67. The van der Waals surface area contributed by atoms with E-state index in [-0.39, 0.29) is 5.82 Å². The second-order valence-electron chi connectivity index (χ2n) is 6.65. The Morgan fingerprint density at radius 2 is 1.80 bits per heavy atom. The number of aromatic nitrogens is 4. The highest BCUT2D eigenvalue weighted by atomic mass is 35.5. The van der Waals surface area contributed by atoms with E-state index in [1.165, 1.54) is 23.5 Å². The van der Waals surface area contributed by atoms with Gasteiger partial charge in [0.2, 0.25) is 5.13 Å². The summed E-state index contributed by atoms with van der Waals surface area (Å²) in [5.41, 5.74) is 3.52. The number of nitrogens with zero attached hydrogens (tertiary/aromatic N) is 4. The molecule has 2 aromatic heterocycles. The van der Waals surface area contributed by atoms with Gasteiger partial charge in [0.1, 0.15) is 16.6 Å². The first-order valence-corrected chi connectivity index (χ1v) is 10.4. The molecule has 5 rings (SSSR count). The van der Waals surface area contributed by atoms with E-state index >= 15 is 0 Å². The Bertz CT molecular complexity index is 1330. The van der Waals surface area contributed by atoms with Gasteiger partial charge in [-0.1, -0.05) is 41.1 Å². The lowest BCUT2D eigenvalue weighted by Crippen LogP contribution is -2.02. The Kier molecular flexibility index (Phi) is 4.90. The van der Waals surface area contributed by atoms with Crippen LogP contribution < -0.4 is 5.32 Å². The van der Waals surface area contributed by atoms with Crippen molar-refractivity contribution in [3.05, 3.63) is 88.6 Å². The number of anilines is 2. The Balaban J connectivity index is 1.49. The van der Waals surface area contributed by atoms with E-state index in [1.54, 1.807) is 12.1 Å². The average Bonchev–Trinajstić information content (AvgIpc) is 3.34. The summed E-state index contributed by atoms with van der Waals surface area (Å²) in [6, 6.07) is 21.9. The molecule has 0 fully saturated rings. The second kappa shape index (κ2) is 7.85. The van der Waals surface area contributed by atoms with Gasteiger partial charge in [0.25, 0.3) is 0 Å². The molecule has 0 aliphatic heterocycles. The first kappa shape index (κ1) is 18.7. The van der Waals surface area contributed by atoms with Gasteiger partial charge < -0.3 is 9.88 Å². The molecule has 0 amide bonds. The standard InChI is InChI=1S/C22H15ClFN5S/c23-15-10-8-14(9-11-15)21-26-18-6-1-2-7-19(18)29(21)13-20-27-28-22(30-20)25-17-5-3-4-16(24)12-17/h1-12H,13H2,(H,25,28). The monoisotopic (exact) mass is 435 g/mol. The Labute approximate surface area is 180 Å². The minimum Gasteiger partial charge on any atom is -0.330 e. The number of rotatable bonds is 5. The fraction of sp³-hybridized carbons (Fsp3) is 0.0455. The zero-order chi connectivity index (χ0) is 20.5. The van der Waals surface area contributed by atoms with Gasteiger partial charge >= 0.3 is 0 Å². The van der Waals surface area contributed by atoms with Crippen molar-refractivity contribution in [3.63, 3.8) is 0 Å². The number of nitrogens with one attached hydrogen (secondary N) is 1. The summed E-state index contributed by atoms with van der Waals surface area (Å²) < 4.78 is 15.5. The molecule has 5 nitrogen and oxygen atoms in total. The van der Waals surface area contributed by atoms with Crippen molar-refractivity contribution in [1.82, 2.24) is 19.7 Å². The number of para-hydroxylation sites is 2. The highest BCUT2D eigenvalue weighted by molar-refractivity contribution is 7.15. The number of benzene rings is 3. The Hall–Kier alpha value is -3.29. The summed E-state index contributed by atoms with van der Waals surface area (Å²) in [7, 11) is 0. The van der Waals surface area contributed by atoms with E-state index in [4.69, 9.17) is 16.6 Å². The van der Waals surface area contributed by atoms with Crippen molar-refractivity contribution in [2.75, 3.05) is 5.32 Å². The van der Waals surface area contributed by atoms with Crippen LogP contribution in [0.4, 0.5) is 15.2 Å². The molecule has 0 bridgehead atoms. The first-order chi connectivity index (χ1) is 14.7. The molecule has 148 valence electrons. The largest absolute Gasteiger partial charge is 0.330 e. The lowest BCUT2D eigenvalue weighted by molar-refractivity contribution is 0.628. The van der Waals surface area contributed by atoms with Crippen LogP contribution in [0.3, 0.4) is 0 Å². The van der Waals surface area contributed by atoms with Crippen LogP contribution in [-0.4, -0.2) is 19.7 Å². The van der Waals surface area contributed by atoms with E-state index in [2.05, 4.69) is 20.1 Å². The quantitative estimate of drug-likeness (QED) is 0.360. The van der Waals surface area contributed by atoms with Crippen molar-refractivity contribution in [3.8, 4) is 11.4 Å². The van der Waals surface area contributed by atoms with Gasteiger partial charge in [-0.15, -0.1) is 10.2 Å². The van der Waals surface area contributed by atoms with E-state index in [1.807, 2.05) is 48.5 Å². The first-order valence-electron chi connectivity index (χ1n) is 9.22. The minimum absolute atomic E-state index is 0.303. The van der Waals surface area contributed by atoms with Gasteiger partial charge in [-0.3, -0.25) is 0 Å². The van der Waals surface area contributed by atoms with Gasteiger partial charge in [-0.2, -0.15) is 0 Å². The summed E-state index contributed by atoms with van der Waals surface area (Å²) in [4.78, 5) is 4.81. The van der Waals surface area contributed by atoms with E-state index in [0.29, 0.717) is 22.4 Å². The topological polar surface area (TPSA) is 55.6 Å². The van der Waals surface area contributed by atoms with Gasteiger partial charge in [0, 0.05) is 16.3 Å². The normalized spacial score (nSPS) is 11.1. The molecule has 0 radical (unpaired) electrons. The highest BCUT2D eigenvalue weighted by Crippen LogP contribution is 2.28. The summed E-state index contributed by atoms with van der Waals surface area (Å²) in [5.74, 6) is 0.532. The SMILES string of the molecule is Fc1cccc(Nc2nnc(Cn3c(-c4ccc(Cl)cc4)nc4ccccc43)s2)c1. The molecule has 1 N–H and O–H groups in total. The average molecular weight is 436 g/mol. The van der Waals surface area contributed by atoms with Crippen LogP contribution in [-0.2, 0) is 6.54 Å². The molecule has 2 heterocycles. The number of halogens is 2. The van der Waals surface area contributed by atoms with Crippen molar-refractivity contribution >= 4 is 44.8 Å². The van der Waals surface area contributed by atoms with Crippen LogP contribution in [0.2, 0.25) is 5.02 Å². The fourth-order valence-corrected chi connectivity index (χ4v) is 4.12. The maximum atomic E-state index is 13.4. The Morgan fingerprint density at radius 3 is 2.63 bits per heavy atom. The molecular weight excluding hydrogens is 421 g/mol. The third kappa shape index (κ3) is 3.77. The number of hydrogen-bond acceptors (Lipinski definition) is 5. The van der Waals surface area contributed by atoms with Crippen LogP contribution in [0.15, 0.2) is 72.8 Å². The van der Waals surface area contributed by atoms with Gasteiger partial charge in [-0.25, -0.2) is 9.37 Å². The van der Waals surface area contributed by atoms with Crippen molar-refractivity contribution in [1.29, 1.82) is 0 Å². The lowest BCUT2D eigenvalue weighted by atomic mass is 10.2. The van der Waals surface area contributed by atoms with E-state index in [0.717, 1.165) is 27.4 Å². The maximum absolute atomic E-state index is 13.4. The summed E-state index contributed by atoms with van der Waals surface area (Å²) in [5, 5.41) is 13.7. The van der Waals surface area contributed by atoms with Crippen molar-refractivity contribution in [2.24, 2.45) is 0 Å².